The standard InChI is InChI=1S/C15H13F3N2O2/c1-22-13-7-6-11(8-12(13)19)20-14(21)9-2-4-10(5-3-9)15(16,17)18/h2-8H,19H2,1H3,(H,20,21). The first kappa shape index (κ1) is 15.7. The summed E-state index contributed by atoms with van der Waals surface area (Å²) in [5.74, 6) is -0.0641. The van der Waals surface area contributed by atoms with E-state index in [1.165, 1.54) is 13.2 Å². The lowest BCUT2D eigenvalue weighted by molar-refractivity contribution is -0.137. The number of nitrogens with one attached hydrogen (secondary N) is 1. The van der Waals surface area contributed by atoms with Gasteiger partial charge in [0, 0.05) is 11.3 Å². The number of nitrogens with two attached hydrogens (primary N) is 1. The first-order chi connectivity index (χ1) is 10.3. The number of amides is 1. The Hall–Kier alpha value is -2.70. The van der Waals surface area contributed by atoms with Crippen LogP contribution in [0.2, 0.25) is 0 Å². The summed E-state index contributed by atoms with van der Waals surface area (Å²) in [6.45, 7) is 0. The highest BCUT2D eigenvalue weighted by Gasteiger charge is 2.30. The molecule has 0 saturated heterocycles. The maximum Gasteiger partial charge on any atom is 0.416 e. The van der Waals surface area contributed by atoms with Crippen LogP contribution in [0.25, 0.3) is 0 Å². The van der Waals surface area contributed by atoms with E-state index in [1.807, 2.05) is 0 Å². The fourth-order valence-corrected chi connectivity index (χ4v) is 1.83. The van der Waals surface area contributed by atoms with E-state index >= 15 is 0 Å². The lowest BCUT2D eigenvalue weighted by Gasteiger charge is -2.10. The van der Waals surface area contributed by atoms with Crippen molar-refractivity contribution in [3.05, 3.63) is 53.6 Å². The molecule has 0 aliphatic carbocycles. The summed E-state index contributed by atoms with van der Waals surface area (Å²) in [6, 6.07) is 8.61. The van der Waals surface area contributed by atoms with E-state index in [-0.39, 0.29) is 5.56 Å². The Morgan fingerprint density at radius 3 is 2.27 bits per heavy atom. The quantitative estimate of drug-likeness (QED) is 0.852. The number of halogens is 3. The minimum Gasteiger partial charge on any atom is -0.495 e. The van der Waals surface area contributed by atoms with E-state index in [4.69, 9.17) is 10.5 Å². The van der Waals surface area contributed by atoms with E-state index in [2.05, 4.69) is 5.32 Å². The van der Waals surface area contributed by atoms with Crippen LogP contribution in [0.15, 0.2) is 42.5 Å². The maximum absolute atomic E-state index is 12.5. The number of carbonyl (C=O) groups is 1. The molecule has 3 N–H and O–H groups in total. The smallest absolute Gasteiger partial charge is 0.416 e. The third-order valence-electron chi connectivity index (χ3n) is 2.96. The second-order valence-electron chi connectivity index (χ2n) is 4.49. The van der Waals surface area contributed by atoms with Crippen molar-refractivity contribution in [2.75, 3.05) is 18.2 Å². The van der Waals surface area contributed by atoms with Gasteiger partial charge in [0.15, 0.2) is 0 Å². The SMILES string of the molecule is COc1ccc(NC(=O)c2ccc(C(F)(F)F)cc2)cc1N. The van der Waals surface area contributed by atoms with Crippen LogP contribution < -0.4 is 15.8 Å². The third-order valence-corrected chi connectivity index (χ3v) is 2.96. The van der Waals surface area contributed by atoms with Gasteiger partial charge in [-0.1, -0.05) is 0 Å². The number of methoxy groups -OCH3 is 1. The lowest BCUT2D eigenvalue weighted by atomic mass is 10.1. The maximum atomic E-state index is 12.5. The molecule has 0 saturated carbocycles. The van der Waals surface area contributed by atoms with Crippen LogP contribution in [0.4, 0.5) is 24.5 Å². The van der Waals surface area contributed by atoms with Gasteiger partial charge in [-0.15, -0.1) is 0 Å². The molecular weight excluding hydrogens is 297 g/mol. The Balaban J connectivity index is 2.14. The first-order valence-corrected chi connectivity index (χ1v) is 6.23. The van der Waals surface area contributed by atoms with Gasteiger partial charge in [0.25, 0.3) is 5.91 Å². The van der Waals surface area contributed by atoms with Crippen LogP contribution in [0.1, 0.15) is 15.9 Å². The van der Waals surface area contributed by atoms with Crippen molar-refractivity contribution in [2.24, 2.45) is 0 Å². The van der Waals surface area contributed by atoms with Crippen molar-refractivity contribution < 1.29 is 22.7 Å². The molecule has 0 aliphatic heterocycles. The molecule has 0 aromatic heterocycles. The number of alkyl halides is 3. The zero-order valence-electron chi connectivity index (χ0n) is 11.6. The molecule has 7 heteroatoms. The molecule has 1 amide bonds. The number of hydrogen-bond donors (Lipinski definition) is 2. The first-order valence-electron chi connectivity index (χ1n) is 6.23. The summed E-state index contributed by atoms with van der Waals surface area (Å²) in [6.07, 6.45) is -4.43. The van der Waals surface area contributed by atoms with Crippen LogP contribution in [0, 0.1) is 0 Å². The molecule has 2 aromatic carbocycles. The Kier molecular flexibility index (Phi) is 4.25. The predicted molar refractivity (Wildman–Crippen MR) is 76.8 cm³/mol. The molecule has 0 radical (unpaired) electrons. The Morgan fingerprint density at radius 2 is 1.77 bits per heavy atom. The van der Waals surface area contributed by atoms with Crippen molar-refractivity contribution in [1.29, 1.82) is 0 Å². The Labute approximate surface area is 124 Å². The summed E-state index contributed by atoms with van der Waals surface area (Å²) in [7, 11) is 1.46. The molecular formula is C15H13F3N2O2. The molecule has 0 atom stereocenters. The molecule has 0 fully saturated rings. The van der Waals surface area contributed by atoms with E-state index < -0.39 is 17.6 Å². The zero-order chi connectivity index (χ0) is 16.3. The van der Waals surface area contributed by atoms with Crippen LogP contribution in [0.5, 0.6) is 5.75 Å². The summed E-state index contributed by atoms with van der Waals surface area (Å²) < 4.78 is 42.4. The van der Waals surface area contributed by atoms with Crippen LogP contribution >= 0.6 is 0 Å². The molecule has 4 nitrogen and oxygen atoms in total. The number of anilines is 2. The lowest BCUT2D eigenvalue weighted by Crippen LogP contribution is -2.13. The van der Waals surface area contributed by atoms with Gasteiger partial charge in [0.1, 0.15) is 5.75 Å². The highest BCUT2D eigenvalue weighted by molar-refractivity contribution is 6.04. The highest BCUT2D eigenvalue weighted by Crippen LogP contribution is 2.29. The van der Waals surface area contributed by atoms with Crippen LogP contribution in [-0.4, -0.2) is 13.0 Å². The molecule has 2 rings (SSSR count). The summed E-state index contributed by atoms with van der Waals surface area (Å²) in [5.41, 5.74) is 5.78. The van der Waals surface area contributed by atoms with Gasteiger partial charge in [-0.3, -0.25) is 4.79 Å². The molecule has 0 bridgehead atoms. The van der Waals surface area contributed by atoms with Gasteiger partial charge >= 0.3 is 6.18 Å². The normalized spacial score (nSPS) is 11.1. The predicted octanol–water partition coefficient (Wildman–Crippen LogP) is 3.55. The van der Waals surface area contributed by atoms with Gasteiger partial charge in [0.2, 0.25) is 0 Å². The van der Waals surface area contributed by atoms with Crippen molar-refractivity contribution in [3.8, 4) is 5.75 Å². The summed E-state index contributed by atoms with van der Waals surface area (Å²) in [5, 5.41) is 2.55. The minimum absolute atomic E-state index is 0.113. The minimum atomic E-state index is -4.43. The number of nitrogen functional groups attached to an aromatic ring is 1. The van der Waals surface area contributed by atoms with Crippen LogP contribution in [-0.2, 0) is 6.18 Å². The zero-order valence-corrected chi connectivity index (χ0v) is 11.6. The molecule has 0 heterocycles. The second-order valence-corrected chi connectivity index (χ2v) is 4.49. The fourth-order valence-electron chi connectivity index (χ4n) is 1.83. The van der Waals surface area contributed by atoms with Gasteiger partial charge in [-0.2, -0.15) is 13.2 Å². The number of carbonyl (C=O) groups excluding carboxylic acids is 1. The Morgan fingerprint density at radius 1 is 1.14 bits per heavy atom. The van der Waals surface area contributed by atoms with Gasteiger partial charge in [-0.05, 0) is 42.5 Å². The van der Waals surface area contributed by atoms with Crippen molar-refractivity contribution in [2.45, 2.75) is 6.18 Å². The molecule has 2 aromatic rings. The summed E-state index contributed by atoms with van der Waals surface area (Å²) >= 11 is 0. The van der Waals surface area contributed by atoms with Gasteiger partial charge in [-0.25, -0.2) is 0 Å². The van der Waals surface area contributed by atoms with E-state index in [1.54, 1.807) is 12.1 Å². The molecule has 116 valence electrons. The van der Waals surface area contributed by atoms with Crippen LogP contribution in [0.3, 0.4) is 0 Å². The monoisotopic (exact) mass is 310 g/mol. The summed E-state index contributed by atoms with van der Waals surface area (Å²) in [4.78, 5) is 12.0. The number of hydrogen-bond acceptors (Lipinski definition) is 3. The van der Waals surface area contributed by atoms with Crippen molar-refractivity contribution in [3.63, 3.8) is 0 Å². The van der Waals surface area contributed by atoms with Crippen molar-refractivity contribution in [1.82, 2.24) is 0 Å². The fraction of sp³-hybridized carbons (Fsp3) is 0.133. The topological polar surface area (TPSA) is 64.3 Å². The van der Waals surface area contributed by atoms with E-state index in [9.17, 15) is 18.0 Å². The Bertz CT molecular complexity index is 682. The third kappa shape index (κ3) is 3.49. The van der Waals surface area contributed by atoms with Crippen molar-refractivity contribution >= 4 is 17.3 Å². The largest absolute Gasteiger partial charge is 0.495 e. The van der Waals surface area contributed by atoms with Gasteiger partial charge < -0.3 is 15.8 Å². The van der Waals surface area contributed by atoms with E-state index in [0.29, 0.717) is 17.1 Å². The highest BCUT2D eigenvalue weighted by atomic mass is 19.4. The second kappa shape index (κ2) is 5.97. The molecule has 22 heavy (non-hydrogen) atoms. The van der Waals surface area contributed by atoms with E-state index in [0.717, 1.165) is 24.3 Å². The average Bonchev–Trinajstić information content (AvgIpc) is 2.46. The molecule has 0 spiro atoms. The number of ether oxygens (including phenoxy) is 1. The van der Waals surface area contributed by atoms with Gasteiger partial charge in [0.05, 0.1) is 18.4 Å². The average molecular weight is 310 g/mol. The molecule has 0 unspecified atom stereocenters. The number of benzene rings is 2. The molecule has 0 aliphatic rings. The number of rotatable bonds is 3.